The van der Waals surface area contributed by atoms with E-state index in [1.807, 2.05) is 4.72 Å². The van der Waals surface area contributed by atoms with Crippen LogP contribution in [0.25, 0.3) is 5.69 Å². The van der Waals surface area contributed by atoms with Crippen molar-refractivity contribution in [1.82, 2.24) is 20.2 Å². The molecule has 0 unspecified atom stereocenters. The Balaban J connectivity index is 1.42. The Hall–Kier alpha value is -6.08. The van der Waals surface area contributed by atoms with Crippen molar-refractivity contribution in [3.63, 3.8) is 0 Å². The number of esters is 1. The molecule has 0 saturated carbocycles. The Morgan fingerprint density at radius 1 is 0.851 bits per heavy atom. The molecule has 4 N–H and O–H groups in total. The van der Waals surface area contributed by atoms with E-state index in [0.29, 0.717) is 0 Å². The first kappa shape index (κ1) is 32.3. The van der Waals surface area contributed by atoms with Gasteiger partial charge in [0.2, 0.25) is 0 Å². The second-order valence-electron chi connectivity index (χ2n) is 9.36. The number of phenolic OH excluding ortho intramolecular Hbond substituents is 1. The van der Waals surface area contributed by atoms with Crippen molar-refractivity contribution in [2.45, 2.75) is 9.79 Å². The summed E-state index contributed by atoms with van der Waals surface area (Å²) in [6.45, 7) is 0. The lowest BCUT2D eigenvalue weighted by Crippen LogP contribution is -2.16. The molecular formula is C28H21FN6O10S2. The van der Waals surface area contributed by atoms with Gasteiger partial charge in [0, 0.05) is 6.07 Å². The zero-order chi connectivity index (χ0) is 33.9. The van der Waals surface area contributed by atoms with Crippen LogP contribution in [0.4, 0.5) is 15.8 Å². The number of carboxylic acids is 1. The maximum Gasteiger partial charge on any atom is 0.347 e. The van der Waals surface area contributed by atoms with Crippen molar-refractivity contribution < 1.29 is 50.5 Å². The van der Waals surface area contributed by atoms with Gasteiger partial charge >= 0.3 is 11.9 Å². The van der Waals surface area contributed by atoms with Crippen molar-refractivity contribution in [1.29, 1.82) is 0 Å². The van der Waals surface area contributed by atoms with Crippen LogP contribution in [0.1, 0.15) is 20.7 Å². The molecule has 0 amide bonds. The van der Waals surface area contributed by atoms with E-state index in [4.69, 9.17) is 9.47 Å². The molecule has 0 fully saturated rings. The van der Waals surface area contributed by atoms with Gasteiger partial charge in [0.05, 0.1) is 28.3 Å². The van der Waals surface area contributed by atoms with Crippen LogP contribution in [0.15, 0.2) is 95.0 Å². The van der Waals surface area contributed by atoms with E-state index in [1.165, 1.54) is 42.4 Å². The van der Waals surface area contributed by atoms with Gasteiger partial charge in [-0.05, 0) is 71.1 Å². The third kappa shape index (κ3) is 6.94. The summed E-state index contributed by atoms with van der Waals surface area (Å²) in [6.07, 6.45) is 1.22. The van der Waals surface area contributed by atoms with Crippen LogP contribution in [0.2, 0.25) is 0 Å². The second kappa shape index (κ2) is 12.7. The number of aromatic carboxylic acids is 1. The lowest BCUT2D eigenvalue weighted by molar-refractivity contribution is 0.0681. The molecule has 1 aromatic heterocycles. The number of aromatic hydroxyl groups is 1. The van der Waals surface area contributed by atoms with E-state index < -0.39 is 71.0 Å². The van der Waals surface area contributed by atoms with Crippen molar-refractivity contribution in [3.05, 3.63) is 102 Å². The highest BCUT2D eigenvalue weighted by Gasteiger charge is 2.24. The number of hydrogen-bond donors (Lipinski definition) is 4. The molecule has 1 heterocycles. The summed E-state index contributed by atoms with van der Waals surface area (Å²) in [5.74, 6) is -4.93. The predicted molar refractivity (Wildman–Crippen MR) is 160 cm³/mol. The molecule has 0 aliphatic carbocycles. The minimum Gasteiger partial charge on any atom is -0.505 e. The third-order valence-electron chi connectivity index (χ3n) is 6.33. The Labute approximate surface area is 265 Å². The molecule has 5 aromatic rings. The Bertz CT molecular complexity index is 2230. The van der Waals surface area contributed by atoms with Crippen LogP contribution in [0.5, 0.6) is 17.2 Å². The second-order valence-corrected chi connectivity index (χ2v) is 12.7. The number of ether oxygens (including phenoxy) is 2. The number of carboxylic acid groups (broad SMARTS) is 1. The number of nitrogens with zero attached hydrogens (tertiary/aromatic N) is 4. The Kier molecular flexibility index (Phi) is 8.75. The van der Waals surface area contributed by atoms with Crippen molar-refractivity contribution in [3.8, 4) is 22.9 Å². The fourth-order valence-corrected chi connectivity index (χ4v) is 6.30. The van der Waals surface area contributed by atoms with E-state index in [9.17, 15) is 41.0 Å². The summed E-state index contributed by atoms with van der Waals surface area (Å²) in [5, 5.41) is 31.1. The number of phenols is 1. The minimum atomic E-state index is -4.41. The molecular weight excluding hydrogens is 663 g/mol. The molecule has 242 valence electrons. The molecule has 0 radical (unpaired) electrons. The number of methoxy groups -OCH3 is 1. The highest BCUT2D eigenvalue weighted by atomic mass is 32.2. The number of carbonyl (C=O) groups excluding carboxylic acids is 1. The average Bonchev–Trinajstić information content (AvgIpc) is 3.56. The van der Waals surface area contributed by atoms with Gasteiger partial charge < -0.3 is 19.7 Å². The molecule has 0 atom stereocenters. The first-order chi connectivity index (χ1) is 22.3. The molecule has 19 heteroatoms. The first-order valence-corrected chi connectivity index (χ1v) is 15.9. The number of para-hydroxylation sites is 1. The average molecular weight is 685 g/mol. The maximum atomic E-state index is 13.6. The summed E-state index contributed by atoms with van der Waals surface area (Å²) in [6, 6.07) is 14.3. The molecule has 0 spiro atoms. The van der Waals surface area contributed by atoms with Gasteiger partial charge in [0.1, 0.15) is 40.5 Å². The van der Waals surface area contributed by atoms with Crippen LogP contribution in [0.3, 0.4) is 0 Å². The largest absolute Gasteiger partial charge is 0.505 e. The number of carbonyl (C=O) groups is 2. The Morgan fingerprint density at radius 3 is 2.26 bits per heavy atom. The van der Waals surface area contributed by atoms with E-state index in [0.717, 1.165) is 54.6 Å². The van der Waals surface area contributed by atoms with E-state index in [-0.39, 0.29) is 22.0 Å². The fourth-order valence-electron chi connectivity index (χ4n) is 4.13. The number of benzene rings is 4. The van der Waals surface area contributed by atoms with Crippen molar-refractivity contribution >= 4 is 43.4 Å². The number of rotatable bonds is 11. The lowest BCUT2D eigenvalue weighted by Gasteiger charge is -2.15. The van der Waals surface area contributed by atoms with Gasteiger partial charge in [0.25, 0.3) is 20.0 Å². The molecule has 16 nitrogen and oxygen atoms in total. The zero-order valence-electron chi connectivity index (χ0n) is 23.7. The molecule has 0 saturated heterocycles. The van der Waals surface area contributed by atoms with Gasteiger partial charge in [-0.2, -0.15) is 4.68 Å². The van der Waals surface area contributed by atoms with E-state index in [2.05, 4.69) is 20.2 Å². The van der Waals surface area contributed by atoms with Gasteiger partial charge in [-0.3, -0.25) is 9.44 Å². The van der Waals surface area contributed by atoms with Crippen LogP contribution in [0, 0.1) is 5.82 Å². The quantitative estimate of drug-likeness (QED) is 0.0892. The predicted octanol–water partition coefficient (Wildman–Crippen LogP) is 3.03. The van der Waals surface area contributed by atoms with E-state index in [1.54, 1.807) is 0 Å². The summed E-state index contributed by atoms with van der Waals surface area (Å²) in [5.41, 5.74) is -1.62. The lowest BCUT2D eigenvalue weighted by atomic mass is 10.1. The molecule has 47 heavy (non-hydrogen) atoms. The molecule has 0 aliphatic rings. The smallest absolute Gasteiger partial charge is 0.347 e. The Morgan fingerprint density at radius 2 is 1.57 bits per heavy atom. The van der Waals surface area contributed by atoms with E-state index >= 15 is 0 Å². The van der Waals surface area contributed by atoms with Crippen LogP contribution < -0.4 is 18.9 Å². The maximum absolute atomic E-state index is 13.6. The fraction of sp³-hybridized carbons (Fsp3) is 0.0357. The topological polar surface area (TPSA) is 229 Å². The zero-order valence-corrected chi connectivity index (χ0v) is 25.4. The molecule has 4 aromatic carbocycles. The summed E-state index contributed by atoms with van der Waals surface area (Å²) < 4.78 is 81.5. The molecule has 0 bridgehead atoms. The van der Waals surface area contributed by atoms with Gasteiger partial charge in [-0.1, -0.05) is 12.1 Å². The number of aromatic nitrogens is 4. The normalized spacial score (nSPS) is 11.4. The van der Waals surface area contributed by atoms with Crippen LogP contribution >= 0.6 is 0 Å². The summed E-state index contributed by atoms with van der Waals surface area (Å²) in [7, 11) is -7.38. The first-order valence-electron chi connectivity index (χ1n) is 12.9. The van der Waals surface area contributed by atoms with Crippen LogP contribution in [-0.4, -0.2) is 66.3 Å². The summed E-state index contributed by atoms with van der Waals surface area (Å²) >= 11 is 0. The number of hydrogen-bond acceptors (Lipinski definition) is 12. The molecule has 0 aliphatic heterocycles. The van der Waals surface area contributed by atoms with Gasteiger partial charge in [-0.25, -0.2) is 30.8 Å². The minimum absolute atomic E-state index is 0.191. The number of halogens is 1. The monoisotopic (exact) mass is 684 g/mol. The van der Waals surface area contributed by atoms with Crippen molar-refractivity contribution in [2.24, 2.45) is 0 Å². The molecule has 5 rings (SSSR count). The van der Waals surface area contributed by atoms with Crippen molar-refractivity contribution in [2.75, 3.05) is 16.6 Å². The third-order valence-corrected chi connectivity index (χ3v) is 9.07. The summed E-state index contributed by atoms with van der Waals surface area (Å²) in [4.78, 5) is 24.3. The van der Waals surface area contributed by atoms with Gasteiger partial charge in [-0.15, -0.1) is 5.10 Å². The highest BCUT2D eigenvalue weighted by Crippen LogP contribution is 2.33. The number of nitrogens with one attached hydrogen (secondary N) is 2. The van der Waals surface area contributed by atoms with Gasteiger partial charge in [0.15, 0.2) is 5.75 Å². The highest BCUT2D eigenvalue weighted by molar-refractivity contribution is 7.93. The number of tetrazole rings is 1. The SMILES string of the molecule is COc1ccc(S(=O)(=O)Nc2ccc(C(=O)O)c(OC(=O)c3cccc(NS(=O)(=O)c4cccc(F)c4)c3O)c2)cc1-n1cnnn1. The van der Waals surface area contributed by atoms with Crippen LogP contribution in [-0.2, 0) is 20.0 Å². The number of sulfonamides is 2. The number of anilines is 2. The standard InChI is InChI=1S/C28H21FN6O10S2/c1-44-24-11-9-19(14-23(24)35-15-30-33-34-35)46(40,41)31-17-8-10-20(27(37)38)25(13-17)45-28(39)21-6-3-7-22(26(21)36)32-47(42,43)18-5-2-4-16(29)12-18/h2-15,31-32,36H,1H3,(H,37,38).